The van der Waals surface area contributed by atoms with Gasteiger partial charge in [-0.2, -0.15) is 0 Å². The zero-order chi connectivity index (χ0) is 24.8. The van der Waals surface area contributed by atoms with Gasteiger partial charge in [0.05, 0.1) is 0 Å². The molecule has 4 rings (SSSR count). The van der Waals surface area contributed by atoms with Crippen molar-refractivity contribution in [2.75, 3.05) is 0 Å². The molecule has 2 aromatic rings. The van der Waals surface area contributed by atoms with Crippen LogP contribution in [0.2, 0.25) is 0 Å². The molecule has 0 aliphatic heterocycles. The first kappa shape index (κ1) is 25.8. The number of benzene rings is 2. The van der Waals surface area contributed by atoms with Crippen LogP contribution in [0.5, 0.6) is 0 Å². The predicted molar refractivity (Wildman–Crippen MR) is 140 cm³/mol. The molecule has 0 saturated heterocycles. The van der Waals surface area contributed by atoms with E-state index < -0.39 is 11.6 Å². The van der Waals surface area contributed by atoms with Gasteiger partial charge in [-0.3, -0.25) is 0 Å². The van der Waals surface area contributed by atoms with Crippen LogP contribution in [0.25, 0.3) is 11.1 Å². The van der Waals surface area contributed by atoms with Gasteiger partial charge >= 0.3 is 0 Å². The summed E-state index contributed by atoms with van der Waals surface area (Å²) in [5.41, 5.74) is 1.63. The molecule has 4 atom stereocenters. The molecule has 2 aliphatic carbocycles. The molecule has 2 fully saturated rings. The molecule has 2 aliphatic rings. The Morgan fingerprint density at radius 3 is 2.31 bits per heavy atom. The summed E-state index contributed by atoms with van der Waals surface area (Å²) in [6.07, 6.45) is 18.9. The SMILES string of the molecule is C/C=C/CCc1ccc(-c2ccc(C3CCC4CC(CC/C=C/C)CCC4C3)c(F)c2)c(F)c1F. The molecular formula is C32H39F3. The minimum absolute atomic E-state index is 0.127. The minimum atomic E-state index is -0.887. The van der Waals surface area contributed by atoms with Crippen molar-refractivity contribution >= 4 is 0 Å². The summed E-state index contributed by atoms with van der Waals surface area (Å²) < 4.78 is 44.7. The van der Waals surface area contributed by atoms with Crippen molar-refractivity contribution in [3.8, 4) is 11.1 Å². The second-order valence-corrected chi connectivity index (χ2v) is 10.6. The van der Waals surface area contributed by atoms with Gasteiger partial charge in [0.2, 0.25) is 0 Å². The van der Waals surface area contributed by atoms with E-state index in [1.54, 1.807) is 18.2 Å². The molecule has 35 heavy (non-hydrogen) atoms. The van der Waals surface area contributed by atoms with Gasteiger partial charge in [0.25, 0.3) is 0 Å². The average Bonchev–Trinajstić information content (AvgIpc) is 2.86. The Hall–Kier alpha value is -2.29. The van der Waals surface area contributed by atoms with Crippen LogP contribution in [0.15, 0.2) is 54.6 Å². The fraction of sp³-hybridized carbons (Fsp3) is 0.500. The molecule has 3 heteroatoms. The highest BCUT2D eigenvalue weighted by atomic mass is 19.2. The van der Waals surface area contributed by atoms with Gasteiger partial charge in [0.1, 0.15) is 5.82 Å². The number of rotatable bonds is 8. The van der Waals surface area contributed by atoms with Gasteiger partial charge in [0.15, 0.2) is 11.6 Å². The third-order valence-electron chi connectivity index (χ3n) is 8.43. The highest BCUT2D eigenvalue weighted by Gasteiger charge is 2.36. The van der Waals surface area contributed by atoms with Crippen LogP contribution < -0.4 is 0 Å². The smallest absolute Gasteiger partial charge is 0.166 e. The van der Waals surface area contributed by atoms with E-state index in [9.17, 15) is 8.78 Å². The van der Waals surface area contributed by atoms with Crippen molar-refractivity contribution in [3.05, 3.63) is 83.2 Å². The summed E-state index contributed by atoms with van der Waals surface area (Å²) in [5, 5.41) is 0. The van der Waals surface area contributed by atoms with E-state index in [1.165, 1.54) is 44.6 Å². The molecule has 0 amide bonds. The van der Waals surface area contributed by atoms with E-state index in [0.29, 0.717) is 29.9 Å². The third-order valence-corrected chi connectivity index (χ3v) is 8.43. The third kappa shape index (κ3) is 6.11. The lowest BCUT2D eigenvalue weighted by Crippen LogP contribution is -2.30. The fourth-order valence-electron chi connectivity index (χ4n) is 6.47. The van der Waals surface area contributed by atoms with E-state index in [2.05, 4.69) is 19.1 Å². The number of halogens is 3. The first-order chi connectivity index (χ1) is 17.0. The Labute approximate surface area is 209 Å². The van der Waals surface area contributed by atoms with Gasteiger partial charge in [-0.25, -0.2) is 13.2 Å². The van der Waals surface area contributed by atoms with E-state index in [0.717, 1.165) is 30.2 Å². The number of hydrogen-bond acceptors (Lipinski definition) is 0. The van der Waals surface area contributed by atoms with E-state index in [1.807, 2.05) is 25.1 Å². The zero-order valence-corrected chi connectivity index (χ0v) is 21.2. The lowest BCUT2D eigenvalue weighted by molar-refractivity contribution is 0.114. The monoisotopic (exact) mass is 480 g/mol. The van der Waals surface area contributed by atoms with Crippen LogP contribution in [0.3, 0.4) is 0 Å². The molecule has 4 unspecified atom stereocenters. The minimum Gasteiger partial charge on any atom is -0.207 e. The average molecular weight is 481 g/mol. The van der Waals surface area contributed by atoms with Crippen molar-refractivity contribution in [1.82, 2.24) is 0 Å². The number of fused-ring (bicyclic) bond motifs is 1. The Balaban J connectivity index is 1.43. The maximum absolute atomic E-state index is 15.3. The van der Waals surface area contributed by atoms with Gasteiger partial charge in [0, 0.05) is 5.56 Å². The van der Waals surface area contributed by atoms with E-state index in [-0.39, 0.29) is 17.3 Å². The van der Waals surface area contributed by atoms with E-state index >= 15 is 4.39 Å². The Bertz CT molecular complexity index is 1050. The molecule has 0 aromatic heterocycles. The maximum Gasteiger partial charge on any atom is 0.166 e. The van der Waals surface area contributed by atoms with Gasteiger partial charge in [-0.1, -0.05) is 55.0 Å². The first-order valence-electron chi connectivity index (χ1n) is 13.5. The molecule has 0 radical (unpaired) electrons. The largest absolute Gasteiger partial charge is 0.207 e. The molecule has 2 aromatic carbocycles. The van der Waals surface area contributed by atoms with Crippen LogP contribution in [-0.4, -0.2) is 0 Å². The summed E-state index contributed by atoms with van der Waals surface area (Å²) in [6.45, 7) is 3.99. The number of aryl methyl sites for hydroxylation is 1. The molecule has 0 spiro atoms. The van der Waals surface area contributed by atoms with Gasteiger partial charge in [-0.05, 0) is 118 Å². The second-order valence-electron chi connectivity index (χ2n) is 10.6. The van der Waals surface area contributed by atoms with Gasteiger partial charge in [-0.15, -0.1) is 0 Å². The summed E-state index contributed by atoms with van der Waals surface area (Å²) in [5.74, 6) is 0.528. The Morgan fingerprint density at radius 2 is 1.54 bits per heavy atom. The molecule has 2 saturated carbocycles. The lowest BCUT2D eigenvalue weighted by Gasteiger charge is -2.42. The highest BCUT2D eigenvalue weighted by Crippen LogP contribution is 2.49. The summed E-state index contributed by atoms with van der Waals surface area (Å²) in [4.78, 5) is 0. The molecule has 0 bridgehead atoms. The number of allylic oxidation sites excluding steroid dienone is 4. The van der Waals surface area contributed by atoms with Gasteiger partial charge < -0.3 is 0 Å². The summed E-state index contributed by atoms with van der Waals surface area (Å²) in [7, 11) is 0. The molecule has 0 heterocycles. The van der Waals surface area contributed by atoms with Crippen molar-refractivity contribution in [1.29, 1.82) is 0 Å². The zero-order valence-electron chi connectivity index (χ0n) is 21.2. The predicted octanol–water partition coefficient (Wildman–Crippen LogP) is 9.94. The quantitative estimate of drug-likeness (QED) is 0.330. The number of hydrogen-bond donors (Lipinski definition) is 0. The van der Waals surface area contributed by atoms with Crippen LogP contribution in [0.4, 0.5) is 13.2 Å². The van der Waals surface area contributed by atoms with Crippen molar-refractivity contribution < 1.29 is 13.2 Å². The summed E-state index contributed by atoms with van der Waals surface area (Å²) >= 11 is 0. The van der Waals surface area contributed by atoms with Crippen LogP contribution >= 0.6 is 0 Å². The molecule has 0 N–H and O–H groups in total. The summed E-state index contributed by atoms with van der Waals surface area (Å²) in [6, 6.07) is 8.18. The fourth-order valence-corrected chi connectivity index (χ4v) is 6.47. The topological polar surface area (TPSA) is 0 Å². The Morgan fingerprint density at radius 1 is 0.800 bits per heavy atom. The molecule has 0 nitrogen and oxygen atoms in total. The van der Waals surface area contributed by atoms with E-state index in [4.69, 9.17) is 0 Å². The Kier molecular flexibility index (Phi) is 8.92. The van der Waals surface area contributed by atoms with Crippen LogP contribution in [0.1, 0.15) is 88.7 Å². The standard InChI is InChI=1S/C32H39F3/c1-3-5-7-9-22-11-12-25-20-26(14-13-24(25)19-22)28-17-16-27(21-30(28)33)29-18-15-23(10-8-6-4-2)31(34)32(29)35/h3-6,15-18,21-22,24-26H,7-14,19-20H2,1-2H3/b5-3+,6-4+. The molecular weight excluding hydrogens is 441 g/mol. The normalized spacial score (nSPS) is 24.8. The first-order valence-corrected chi connectivity index (χ1v) is 13.5. The van der Waals surface area contributed by atoms with Crippen molar-refractivity contribution in [3.63, 3.8) is 0 Å². The second kappa shape index (κ2) is 12.1. The van der Waals surface area contributed by atoms with Crippen molar-refractivity contribution in [2.24, 2.45) is 17.8 Å². The molecule has 188 valence electrons. The lowest BCUT2D eigenvalue weighted by atomic mass is 9.63. The van der Waals surface area contributed by atoms with Crippen LogP contribution in [0, 0.1) is 35.2 Å². The van der Waals surface area contributed by atoms with Crippen LogP contribution in [-0.2, 0) is 6.42 Å². The van der Waals surface area contributed by atoms with Crippen molar-refractivity contribution in [2.45, 2.75) is 84.0 Å². The maximum atomic E-state index is 15.3. The highest BCUT2D eigenvalue weighted by molar-refractivity contribution is 5.65.